The first-order valence-electron chi connectivity index (χ1n) is 6.37. The second-order valence-electron chi connectivity index (χ2n) is 4.39. The van der Waals surface area contributed by atoms with Crippen molar-refractivity contribution in [1.29, 1.82) is 0 Å². The molecule has 0 aliphatic heterocycles. The molecular formula is C13H22N4O2. The number of nitrogens with zero attached hydrogens (tertiary/aromatic N) is 3. The van der Waals surface area contributed by atoms with Crippen LogP contribution in [0.2, 0.25) is 0 Å². The van der Waals surface area contributed by atoms with Gasteiger partial charge in [-0.1, -0.05) is 5.16 Å². The van der Waals surface area contributed by atoms with Crippen LogP contribution < -0.4 is 10.6 Å². The van der Waals surface area contributed by atoms with Gasteiger partial charge in [-0.2, -0.15) is 0 Å². The van der Waals surface area contributed by atoms with Crippen molar-refractivity contribution in [3.8, 4) is 0 Å². The lowest BCUT2D eigenvalue weighted by molar-refractivity contribution is 0.289. The van der Waals surface area contributed by atoms with Crippen LogP contribution in [0.1, 0.15) is 30.3 Å². The van der Waals surface area contributed by atoms with Gasteiger partial charge in [-0.25, -0.2) is 0 Å². The Bertz CT molecular complexity index is 460. The molecule has 0 atom stereocenters. The predicted octanol–water partition coefficient (Wildman–Crippen LogP) is 1.00. The molecule has 0 radical (unpaired) electrons. The third kappa shape index (κ3) is 3.57. The normalized spacial score (nSPS) is 11.7. The number of aliphatic hydroxyl groups is 1. The van der Waals surface area contributed by atoms with Gasteiger partial charge in [-0.3, -0.25) is 4.98 Å². The van der Waals surface area contributed by atoms with Gasteiger partial charge < -0.3 is 20.9 Å². The van der Waals surface area contributed by atoms with Gasteiger partial charge in [0.1, 0.15) is 0 Å². The van der Waals surface area contributed by atoms with E-state index in [4.69, 9.17) is 16.0 Å². The predicted molar refractivity (Wildman–Crippen MR) is 75.8 cm³/mol. The van der Waals surface area contributed by atoms with Crippen molar-refractivity contribution in [2.75, 3.05) is 24.6 Å². The largest absolute Gasteiger partial charge is 0.409 e. The monoisotopic (exact) mass is 266 g/mol. The number of aliphatic hydroxyl groups excluding tert-OH is 1. The van der Waals surface area contributed by atoms with Crippen molar-refractivity contribution in [1.82, 2.24) is 4.98 Å². The lowest BCUT2D eigenvalue weighted by Gasteiger charge is -2.26. The molecule has 6 heteroatoms. The molecule has 0 aliphatic rings. The van der Waals surface area contributed by atoms with Gasteiger partial charge in [0, 0.05) is 25.4 Å². The summed E-state index contributed by atoms with van der Waals surface area (Å²) < 4.78 is 0. The summed E-state index contributed by atoms with van der Waals surface area (Å²) in [6, 6.07) is 1.92. The fourth-order valence-electron chi connectivity index (χ4n) is 2.13. The van der Waals surface area contributed by atoms with Gasteiger partial charge in [0.15, 0.2) is 5.84 Å². The minimum absolute atomic E-state index is 0.0578. The fraction of sp³-hybridized carbons (Fsp3) is 0.538. The van der Waals surface area contributed by atoms with Crippen LogP contribution in [-0.2, 0) is 0 Å². The Kier molecular flexibility index (Phi) is 5.57. The number of aryl methyl sites for hydroxylation is 2. The van der Waals surface area contributed by atoms with Gasteiger partial charge in [-0.15, -0.1) is 0 Å². The van der Waals surface area contributed by atoms with Crippen molar-refractivity contribution in [2.24, 2.45) is 10.9 Å². The van der Waals surface area contributed by atoms with Crippen LogP contribution in [0.5, 0.6) is 0 Å². The number of hydrogen-bond donors (Lipinski definition) is 3. The van der Waals surface area contributed by atoms with E-state index in [-0.39, 0.29) is 12.4 Å². The first-order valence-corrected chi connectivity index (χ1v) is 6.37. The minimum Gasteiger partial charge on any atom is -0.409 e. The summed E-state index contributed by atoms with van der Waals surface area (Å²) in [5.74, 6) is 0.0578. The molecule has 0 spiro atoms. The highest BCUT2D eigenvalue weighted by Gasteiger charge is 2.17. The Labute approximate surface area is 113 Å². The number of pyridine rings is 1. The lowest BCUT2D eigenvalue weighted by atomic mass is 10.1. The number of anilines is 1. The summed E-state index contributed by atoms with van der Waals surface area (Å²) in [7, 11) is 0. The molecule has 0 saturated heterocycles. The van der Waals surface area contributed by atoms with Gasteiger partial charge in [0.05, 0.1) is 16.9 Å². The Morgan fingerprint density at radius 3 is 2.68 bits per heavy atom. The summed E-state index contributed by atoms with van der Waals surface area (Å²) in [4.78, 5) is 6.44. The van der Waals surface area contributed by atoms with E-state index in [1.807, 2.05) is 26.8 Å². The van der Waals surface area contributed by atoms with Crippen LogP contribution in [0, 0.1) is 13.8 Å². The summed E-state index contributed by atoms with van der Waals surface area (Å²) >= 11 is 0. The van der Waals surface area contributed by atoms with E-state index in [2.05, 4.69) is 15.0 Å². The van der Waals surface area contributed by atoms with Crippen LogP contribution in [0.3, 0.4) is 0 Å². The third-order valence-corrected chi connectivity index (χ3v) is 2.98. The van der Waals surface area contributed by atoms with E-state index >= 15 is 0 Å². The Morgan fingerprint density at radius 2 is 2.16 bits per heavy atom. The molecule has 6 nitrogen and oxygen atoms in total. The Balaban J connectivity index is 3.29. The molecule has 0 amide bonds. The van der Waals surface area contributed by atoms with Crippen molar-refractivity contribution in [2.45, 2.75) is 27.2 Å². The SMILES string of the molecule is CCN(CCCO)c1cc(C)nc(C)c1/C(N)=N/O. The highest BCUT2D eigenvalue weighted by Crippen LogP contribution is 2.24. The number of amidine groups is 1. The van der Waals surface area contributed by atoms with E-state index in [0.29, 0.717) is 18.5 Å². The number of aromatic nitrogens is 1. The summed E-state index contributed by atoms with van der Waals surface area (Å²) in [5, 5.41) is 21.0. The number of oxime groups is 1. The van der Waals surface area contributed by atoms with E-state index < -0.39 is 0 Å². The third-order valence-electron chi connectivity index (χ3n) is 2.98. The van der Waals surface area contributed by atoms with E-state index in [0.717, 1.165) is 23.6 Å². The maximum Gasteiger partial charge on any atom is 0.174 e. The Morgan fingerprint density at radius 1 is 1.47 bits per heavy atom. The molecule has 0 unspecified atom stereocenters. The molecule has 0 aromatic carbocycles. The first-order chi connectivity index (χ1) is 9.04. The fourth-order valence-corrected chi connectivity index (χ4v) is 2.13. The molecule has 4 N–H and O–H groups in total. The van der Waals surface area contributed by atoms with Crippen molar-refractivity contribution >= 4 is 11.5 Å². The zero-order valence-corrected chi connectivity index (χ0v) is 11.7. The number of nitrogens with two attached hydrogens (primary N) is 1. The molecule has 0 fully saturated rings. The van der Waals surface area contributed by atoms with Gasteiger partial charge >= 0.3 is 0 Å². The highest BCUT2D eigenvalue weighted by molar-refractivity contribution is 6.03. The summed E-state index contributed by atoms with van der Waals surface area (Å²) in [6.07, 6.45) is 0.671. The zero-order chi connectivity index (χ0) is 14.4. The molecule has 1 rings (SSSR count). The van der Waals surface area contributed by atoms with Gasteiger partial charge in [0.25, 0.3) is 0 Å². The molecule has 19 heavy (non-hydrogen) atoms. The van der Waals surface area contributed by atoms with Gasteiger partial charge in [0.2, 0.25) is 0 Å². The number of hydrogen-bond acceptors (Lipinski definition) is 5. The second kappa shape index (κ2) is 6.94. The second-order valence-corrected chi connectivity index (χ2v) is 4.39. The minimum atomic E-state index is 0.0578. The lowest BCUT2D eigenvalue weighted by Crippen LogP contribution is -2.29. The maximum atomic E-state index is 8.96. The van der Waals surface area contributed by atoms with E-state index in [9.17, 15) is 0 Å². The first kappa shape index (κ1) is 15.2. The van der Waals surface area contributed by atoms with E-state index in [1.54, 1.807) is 0 Å². The van der Waals surface area contributed by atoms with Crippen LogP contribution in [0.4, 0.5) is 5.69 Å². The molecule has 0 bridgehead atoms. The topological polar surface area (TPSA) is 95.0 Å². The number of rotatable bonds is 6. The summed E-state index contributed by atoms with van der Waals surface area (Å²) in [5.41, 5.74) is 8.89. The Hall–Kier alpha value is -1.82. The highest BCUT2D eigenvalue weighted by atomic mass is 16.4. The van der Waals surface area contributed by atoms with Crippen molar-refractivity contribution in [3.63, 3.8) is 0 Å². The molecule has 1 heterocycles. The molecule has 0 aliphatic carbocycles. The molecule has 1 aromatic heterocycles. The summed E-state index contributed by atoms with van der Waals surface area (Å²) in [6.45, 7) is 7.39. The van der Waals surface area contributed by atoms with Crippen LogP contribution in [0.15, 0.2) is 11.2 Å². The van der Waals surface area contributed by atoms with Crippen molar-refractivity contribution in [3.05, 3.63) is 23.0 Å². The molecule has 106 valence electrons. The molecule has 1 aromatic rings. The molecule has 0 saturated carbocycles. The smallest absolute Gasteiger partial charge is 0.174 e. The molecular weight excluding hydrogens is 244 g/mol. The van der Waals surface area contributed by atoms with Crippen LogP contribution >= 0.6 is 0 Å². The van der Waals surface area contributed by atoms with Crippen LogP contribution in [-0.4, -0.2) is 40.8 Å². The van der Waals surface area contributed by atoms with E-state index in [1.165, 1.54) is 0 Å². The van der Waals surface area contributed by atoms with Gasteiger partial charge in [-0.05, 0) is 33.3 Å². The standard InChI is InChI=1S/C13H22N4O2/c1-4-17(6-5-7-18)11-8-9(2)15-10(3)12(11)13(14)16-19/h8,18-19H,4-7H2,1-3H3,(H2,14,16). The quantitative estimate of drug-likeness (QED) is 0.309. The average molecular weight is 266 g/mol. The van der Waals surface area contributed by atoms with Crippen LogP contribution in [0.25, 0.3) is 0 Å². The maximum absolute atomic E-state index is 8.96. The van der Waals surface area contributed by atoms with Crippen molar-refractivity contribution < 1.29 is 10.3 Å². The average Bonchev–Trinajstić information content (AvgIpc) is 2.38. The zero-order valence-electron chi connectivity index (χ0n) is 11.7.